The van der Waals surface area contributed by atoms with Gasteiger partial charge in [-0.05, 0) is 70.7 Å². The predicted molar refractivity (Wildman–Crippen MR) is 116 cm³/mol. The number of aryl methyl sites for hydroxylation is 1. The fourth-order valence-corrected chi connectivity index (χ4v) is 4.30. The van der Waals surface area contributed by atoms with E-state index >= 15 is 0 Å². The van der Waals surface area contributed by atoms with Crippen LogP contribution >= 0.6 is 0 Å². The van der Waals surface area contributed by atoms with Gasteiger partial charge in [-0.3, -0.25) is 9.98 Å². The fourth-order valence-electron chi connectivity index (χ4n) is 4.30. The zero-order chi connectivity index (χ0) is 20.6. The van der Waals surface area contributed by atoms with Crippen molar-refractivity contribution in [2.24, 2.45) is 4.99 Å². The average molecular weight is 395 g/mol. The molecule has 2 aliphatic rings. The molecule has 1 aliphatic heterocycles. The molecule has 0 amide bonds. The molecule has 0 bridgehead atoms. The summed E-state index contributed by atoms with van der Waals surface area (Å²) in [4.78, 5) is 16.6. The van der Waals surface area contributed by atoms with Crippen LogP contribution in [0, 0.1) is 6.92 Å². The lowest BCUT2D eigenvalue weighted by molar-refractivity contribution is 0.0657. The van der Waals surface area contributed by atoms with Crippen LogP contribution in [0.1, 0.15) is 50.9 Å². The van der Waals surface area contributed by atoms with Gasteiger partial charge in [-0.25, -0.2) is 4.98 Å². The van der Waals surface area contributed by atoms with Crippen molar-refractivity contribution in [3.8, 4) is 11.3 Å². The Morgan fingerprint density at radius 2 is 1.83 bits per heavy atom. The van der Waals surface area contributed by atoms with Gasteiger partial charge >= 0.3 is 0 Å². The molecule has 154 valence electrons. The van der Waals surface area contributed by atoms with E-state index in [2.05, 4.69) is 14.9 Å². The van der Waals surface area contributed by atoms with E-state index in [0.717, 1.165) is 60.7 Å². The number of aliphatic imine (C=N–C) groups is 1. The third kappa shape index (κ3) is 4.05. The average Bonchev–Trinajstić information content (AvgIpc) is 2.72. The van der Waals surface area contributed by atoms with Crippen LogP contribution in [0.25, 0.3) is 11.3 Å². The SMILES string of the molecule is COC1CCC(N2CC=Nc3ccc(-c4ccc(C(C)(C)O)nc4C)nc32)CC1. The molecule has 0 saturated heterocycles. The maximum absolute atomic E-state index is 10.2. The van der Waals surface area contributed by atoms with Gasteiger partial charge in [-0.15, -0.1) is 0 Å². The monoisotopic (exact) mass is 394 g/mol. The largest absolute Gasteiger partial charge is 0.384 e. The maximum Gasteiger partial charge on any atom is 0.155 e. The predicted octanol–water partition coefficient (Wildman–Crippen LogP) is 4.16. The van der Waals surface area contributed by atoms with E-state index in [9.17, 15) is 5.11 Å². The van der Waals surface area contributed by atoms with E-state index in [-0.39, 0.29) is 0 Å². The quantitative estimate of drug-likeness (QED) is 0.843. The van der Waals surface area contributed by atoms with Crippen molar-refractivity contribution in [3.05, 3.63) is 35.7 Å². The van der Waals surface area contributed by atoms with Gasteiger partial charge in [0.2, 0.25) is 0 Å². The Hall–Kier alpha value is -2.31. The normalized spacial score (nSPS) is 21.9. The molecule has 1 N–H and O–H groups in total. The highest BCUT2D eigenvalue weighted by atomic mass is 16.5. The number of nitrogens with zero attached hydrogens (tertiary/aromatic N) is 4. The first-order valence-corrected chi connectivity index (χ1v) is 10.4. The van der Waals surface area contributed by atoms with Crippen molar-refractivity contribution in [1.29, 1.82) is 0 Å². The van der Waals surface area contributed by atoms with E-state index in [1.54, 1.807) is 21.0 Å². The maximum atomic E-state index is 10.2. The molecule has 1 fully saturated rings. The third-order valence-electron chi connectivity index (χ3n) is 6.04. The zero-order valence-corrected chi connectivity index (χ0v) is 17.7. The molecule has 2 aromatic heterocycles. The van der Waals surface area contributed by atoms with Crippen LogP contribution in [0.2, 0.25) is 0 Å². The van der Waals surface area contributed by atoms with Crippen LogP contribution in [-0.2, 0) is 10.3 Å². The van der Waals surface area contributed by atoms with Crippen LogP contribution in [0.15, 0.2) is 29.3 Å². The van der Waals surface area contributed by atoms with Crippen LogP contribution in [0.5, 0.6) is 0 Å². The Balaban J connectivity index is 1.65. The molecule has 0 unspecified atom stereocenters. The number of fused-ring (bicyclic) bond motifs is 1. The van der Waals surface area contributed by atoms with Crippen molar-refractivity contribution in [2.45, 2.75) is 64.2 Å². The number of rotatable bonds is 4. The van der Waals surface area contributed by atoms with Gasteiger partial charge in [-0.2, -0.15) is 0 Å². The van der Waals surface area contributed by atoms with Gasteiger partial charge < -0.3 is 14.7 Å². The molecule has 0 aromatic carbocycles. The van der Waals surface area contributed by atoms with Crippen molar-refractivity contribution in [2.75, 3.05) is 18.6 Å². The lowest BCUT2D eigenvalue weighted by Gasteiger charge is -2.38. The molecule has 6 nitrogen and oxygen atoms in total. The highest BCUT2D eigenvalue weighted by Crippen LogP contribution is 2.37. The summed E-state index contributed by atoms with van der Waals surface area (Å²) < 4.78 is 5.53. The van der Waals surface area contributed by atoms with Gasteiger partial charge in [0.1, 0.15) is 11.3 Å². The summed E-state index contributed by atoms with van der Waals surface area (Å²) >= 11 is 0. The number of hydrogen-bond donors (Lipinski definition) is 1. The Bertz CT molecular complexity index is 912. The minimum atomic E-state index is -0.959. The molecular formula is C23H30N4O2. The van der Waals surface area contributed by atoms with Crippen LogP contribution < -0.4 is 4.90 Å². The highest BCUT2D eigenvalue weighted by Gasteiger charge is 2.29. The van der Waals surface area contributed by atoms with Gasteiger partial charge in [-0.1, -0.05) is 0 Å². The van der Waals surface area contributed by atoms with Crippen molar-refractivity contribution in [3.63, 3.8) is 0 Å². The Morgan fingerprint density at radius 1 is 1.07 bits per heavy atom. The van der Waals surface area contributed by atoms with E-state index < -0.39 is 5.60 Å². The van der Waals surface area contributed by atoms with Crippen LogP contribution in [0.4, 0.5) is 11.5 Å². The van der Waals surface area contributed by atoms with Crippen LogP contribution in [-0.4, -0.2) is 47.1 Å². The van der Waals surface area contributed by atoms with E-state index in [0.29, 0.717) is 17.8 Å². The second-order valence-electron chi connectivity index (χ2n) is 8.56. The minimum absolute atomic E-state index is 0.381. The summed E-state index contributed by atoms with van der Waals surface area (Å²) in [6, 6.07) is 8.40. The van der Waals surface area contributed by atoms with E-state index in [4.69, 9.17) is 9.72 Å². The molecule has 1 saturated carbocycles. The van der Waals surface area contributed by atoms with Gasteiger partial charge in [0.15, 0.2) is 5.82 Å². The molecule has 2 aromatic rings. The van der Waals surface area contributed by atoms with Crippen LogP contribution in [0.3, 0.4) is 0 Å². The smallest absolute Gasteiger partial charge is 0.155 e. The summed E-state index contributed by atoms with van der Waals surface area (Å²) in [5, 5.41) is 10.2. The van der Waals surface area contributed by atoms with Crippen molar-refractivity contribution < 1.29 is 9.84 Å². The molecule has 1 aliphatic carbocycles. The van der Waals surface area contributed by atoms with Gasteiger partial charge in [0, 0.05) is 30.6 Å². The summed E-state index contributed by atoms with van der Waals surface area (Å²) in [7, 11) is 1.81. The zero-order valence-electron chi connectivity index (χ0n) is 17.7. The number of aromatic nitrogens is 2. The molecule has 0 spiro atoms. The highest BCUT2D eigenvalue weighted by molar-refractivity contribution is 5.81. The Kier molecular flexibility index (Phi) is 5.40. The molecule has 0 atom stereocenters. The van der Waals surface area contributed by atoms with Crippen molar-refractivity contribution in [1.82, 2.24) is 9.97 Å². The molecule has 0 radical (unpaired) electrons. The van der Waals surface area contributed by atoms with Gasteiger partial charge in [0.05, 0.1) is 24.0 Å². The third-order valence-corrected chi connectivity index (χ3v) is 6.04. The molecular weight excluding hydrogens is 364 g/mol. The first-order valence-electron chi connectivity index (χ1n) is 10.4. The second kappa shape index (κ2) is 7.84. The first-order chi connectivity index (χ1) is 13.9. The summed E-state index contributed by atoms with van der Waals surface area (Å²) in [6.45, 7) is 6.26. The number of anilines is 1. The topological polar surface area (TPSA) is 70.8 Å². The lowest BCUT2D eigenvalue weighted by atomic mass is 9.91. The number of pyridine rings is 2. The Morgan fingerprint density at radius 3 is 2.48 bits per heavy atom. The molecule has 6 heteroatoms. The number of ether oxygens (including phenoxy) is 1. The van der Waals surface area contributed by atoms with E-state index in [1.807, 2.05) is 37.4 Å². The minimum Gasteiger partial charge on any atom is -0.384 e. The second-order valence-corrected chi connectivity index (χ2v) is 8.56. The summed E-state index contributed by atoms with van der Waals surface area (Å²) in [5.74, 6) is 0.955. The molecule has 29 heavy (non-hydrogen) atoms. The van der Waals surface area contributed by atoms with E-state index in [1.165, 1.54) is 0 Å². The first kappa shape index (κ1) is 20.0. The van der Waals surface area contributed by atoms with Gasteiger partial charge in [0.25, 0.3) is 0 Å². The fraction of sp³-hybridized carbons (Fsp3) is 0.522. The molecule has 4 rings (SSSR count). The summed E-state index contributed by atoms with van der Waals surface area (Å²) in [5.41, 5.74) is 3.37. The molecule has 3 heterocycles. The summed E-state index contributed by atoms with van der Waals surface area (Å²) in [6.07, 6.45) is 6.76. The lowest BCUT2D eigenvalue weighted by Crippen LogP contribution is -2.42. The number of hydrogen-bond acceptors (Lipinski definition) is 6. The van der Waals surface area contributed by atoms with Crippen molar-refractivity contribution >= 4 is 17.7 Å². The number of aliphatic hydroxyl groups is 1. The Labute approximate surface area is 172 Å². The standard InChI is InChI=1S/C23H30N4O2/c1-15-18(9-12-21(25-15)23(2,3)28)19-10-11-20-22(26-19)27(14-13-24-20)16-5-7-17(29-4)8-6-16/h9-13,16-17,28H,5-8,14H2,1-4H3. The number of methoxy groups -OCH3 is 1.